The summed E-state index contributed by atoms with van der Waals surface area (Å²) in [4.78, 5) is 14.6. The van der Waals surface area contributed by atoms with Crippen LogP contribution in [0.4, 0.5) is 0 Å². The molecule has 2 N–H and O–H groups in total. The highest BCUT2D eigenvalue weighted by Gasteiger charge is 2.41. The van der Waals surface area contributed by atoms with E-state index in [2.05, 4.69) is 22.0 Å². The Bertz CT molecular complexity index is 809. The number of hydrogen-bond acceptors (Lipinski definition) is 6. The molecule has 8 heteroatoms. The predicted molar refractivity (Wildman–Crippen MR) is 92.3 cm³/mol. The largest absolute Gasteiger partial charge is 0.454 e. The van der Waals surface area contributed by atoms with Gasteiger partial charge in [0.15, 0.2) is 11.5 Å². The molecule has 26 heavy (non-hydrogen) atoms. The summed E-state index contributed by atoms with van der Waals surface area (Å²) in [5.74, 6) is 2.00. The van der Waals surface area contributed by atoms with Crippen molar-refractivity contribution in [1.82, 2.24) is 25.5 Å². The molecule has 5 rings (SSSR count). The minimum absolute atomic E-state index is 0.114. The third-order valence-electron chi connectivity index (χ3n) is 5.48. The topological polar surface area (TPSA) is 80.7 Å². The van der Waals surface area contributed by atoms with Gasteiger partial charge >= 0.3 is 0 Å². The normalized spacial score (nSPS) is 26.8. The van der Waals surface area contributed by atoms with E-state index in [1.807, 2.05) is 29.3 Å². The van der Waals surface area contributed by atoms with E-state index in [1.54, 1.807) is 10.9 Å². The smallest absolute Gasteiger partial charge is 0.244 e. The first kappa shape index (κ1) is 15.7. The minimum atomic E-state index is 0.114. The fraction of sp³-hybridized carbons (Fsp3) is 0.444. The zero-order valence-corrected chi connectivity index (χ0v) is 14.3. The molecular formula is C18H21N5O3. The van der Waals surface area contributed by atoms with Crippen LogP contribution in [0, 0.1) is 5.92 Å². The van der Waals surface area contributed by atoms with Crippen molar-refractivity contribution in [3.05, 3.63) is 42.2 Å². The molecule has 0 bridgehead atoms. The summed E-state index contributed by atoms with van der Waals surface area (Å²) in [6.45, 7) is 2.06. The SMILES string of the molecule is O=C(Cn1cccn1)N1CCC2NNC(c3ccc4c(c3)OCO4)C2C1. The van der Waals surface area contributed by atoms with Gasteiger partial charge in [0.2, 0.25) is 12.7 Å². The number of nitrogens with zero attached hydrogens (tertiary/aromatic N) is 3. The van der Waals surface area contributed by atoms with Crippen molar-refractivity contribution in [1.29, 1.82) is 0 Å². The van der Waals surface area contributed by atoms with Crippen LogP contribution >= 0.6 is 0 Å². The minimum Gasteiger partial charge on any atom is -0.454 e. The van der Waals surface area contributed by atoms with Crippen molar-refractivity contribution >= 4 is 5.91 Å². The Kier molecular flexibility index (Phi) is 3.79. The number of aromatic nitrogens is 2. The first-order valence-corrected chi connectivity index (χ1v) is 8.94. The fourth-order valence-electron chi connectivity index (χ4n) is 4.10. The Balaban J connectivity index is 1.32. The molecule has 3 aliphatic heterocycles. The lowest BCUT2D eigenvalue weighted by Gasteiger charge is -2.36. The molecule has 1 aromatic heterocycles. The number of piperidine rings is 1. The van der Waals surface area contributed by atoms with Crippen LogP contribution in [0.1, 0.15) is 18.0 Å². The first-order valence-electron chi connectivity index (χ1n) is 8.94. The van der Waals surface area contributed by atoms with E-state index in [0.717, 1.165) is 36.6 Å². The van der Waals surface area contributed by atoms with E-state index in [1.165, 1.54) is 0 Å². The molecule has 4 heterocycles. The highest BCUT2D eigenvalue weighted by Crippen LogP contribution is 2.39. The van der Waals surface area contributed by atoms with Gasteiger partial charge < -0.3 is 14.4 Å². The zero-order valence-electron chi connectivity index (χ0n) is 14.3. The van der Waals surface area contributed by atoms with Crippen molar-refractivity contribution in [2.45, 2.75) is 25.0 Å². The molecule has 0 aliphatic carbocycles. The summed E-state index contributed by atoms with van der Waals surface area (Å²) >= 11 is 0. The van der Waals surface area contributed by atoms with Gasteiger partial charge in [0.25, 0.3) is 0 Å². The van der Waals surface area contributed by atoms with Gasteiger partial charge in [-0.25, -0.2) is 5.43 Å². The van der Waals surface area contributed by atoms with Crippen molar-refractivity contribution in [3.8, 4) is 11.5 Å². The van der Waals surface area contributed by atoms with Crippen LogP contribution in [0.5, 0.6) is 11.5 Å². The Morgan fingerprint density at radius 3 is 3.08 bits per heavy atom. The fourth-order valence-corrected chi connectivity index (χ4v) is 4.10. The third kappa shape index (κ3) is 2.71. The Hall–Kier alpha value is -2.58. The molecule has 3 unspecified atom stereocenters. The molecule has 1 aromatic carbocycles. The van der Waals surface area contributed by atoms with E-state index in [4.69, 9.17) is 9.47 Å². The molecule has 2 fully saturated rings. The molecule has 0 saturated carbocycles. The lowest BCUT2D eigenvalue weighted by Crippen LogP contribution is -2.48. The van der Waals surface area contributed by atoms with Crippen LogP contribution in [-0.2, 0) is 11.3 Å². The molecule has 1 amide bonds. The van der Waals surface area contributed by atoms with Crippen LogP contribution in [0.3, 0.4) is 0 Å². The number of likely N-dealkylation sites (tertiary alicyclic amines) is 1. The van der Waals surface area contributed by atoms with Crippen LogP contribution in [-0.4, -0.2) is 46.5 Å². The maximum atomic E-state index is 12.6. The second-order valence-corrected chi connectivity index (χ2v) is 6.98. The van der Waals surface area contributed by atoms with E-state index in [9.17, 15) is 4.79 Å². The number of nitrogens with one attached hydrogen (secondary N) is 2. The number of hydrazine groups is 1. The summed E-state index contributed by atoms with van der Waals surface area (Å²) < 4.78 is 12.6. The van der Waals surface area contributed by atoms with E-state index < -0.39 is 0 Å². The molecule has 3 atom stereocenters. The van der Waals surface area contributed by atoms with Crippen LogP contribution in [0.25, 0.3) is 0 Å². The number of ether oxygens (including phenoxy) is 2. The van der Waals surface area contributed by atoms with Gasteiger partial charge in [-0.05, 0) is 30.2 Å². The first-order chi connectivity index (χ1) is 12.8. The number of rotatable bonds is 3. The summed E-state index contributed by atoms with van der Waals surface area (Å²) in [6, 6.07) is 8.39. The van der Waals surface area contributed by atoms with Gasteiger partial charge in [0.05, 0.1) is 6.04 Å². The van der Waals surface area contributed by atoms with Crippen molar-refractivity contribution in [2.24, 2.45) is 5.92 Å². The van der Waals surface area contributed by atoms with Gasteiger partial charge in [0.1, 0.15) is 6.54 Å². The van der Waals surface area contributed by atoms with Gasteiger partial charge in [-0.15, -0.1) is 0 Å². The van der Waals surface area contributed by atoms with Gasteiger partial charge in [-0.3, -0.25) is 14.9 Å². The second-order valence-electron chi connectivity index (χ2n) is 6.98. The van der Waals surface area contributed by atoms with Gasteiger partial charge in [0, 0.05) is 37.4 Å². The molecule has 8 nitrogen and oxygen atoms in total. The molecule has 136 valence electrons. The quantitative estimate of drug-likeness (QED) is 0.843. The lowest BCUT2D eigenvalue weighted by atomic mass is 9.85. The molecule has 0 spiro atoms. The number of benzene rings is 1. The second kappa shape index (κ2) is 6.30. The monoisotopic (exact) mass is 355 g/mol. The van der Waals surface area contributed by atoms with Gasteiger partial charge in [-0.2, -0.15) is 5.10 Å². The Labute approximate surface area is 151 Å². The molecule has 3 aliphatic rings. The van der Waals surface area contributed by atoms with Crippen molar-refractivity contribution in [3.63, 3.8) is 0 Å². The predicted octanol–water partition coefficient (Wildman–Crippen LogP) is 0.678. The Morgan fingerprint density at radius 2 is 2.19 bits per heavy atom. The Morgan fingerprint density at radius 1 is 1.27 bits per heavy atom. The number of hydrogen-bond donors (Lipinski definition) is 2. The molecule has 2 aromatic rings. The number of amides is 1. The molecule has 2 saturated heterocycles. The van der Waals surface area contributed by atoms with Crippen LogP contribution in [0.2, 0.25) is 0 Å². The molecular weight excluding hydrogens is 334 g/mol. The lowest BCUT2D eigenvalue weighted by molar-refractivity contribution is -0.134. The standard InChI is InChI=1S/C18H21N5O3/c24-17(10-23-6-1-5-19-23)22-7-4-14-13(9-22)18(21-20-14)12-2-3-15-16(8-12)26-11-25-15/h1-3,5-6,8,13-14,18,20-21H,4,7,9-11H2. The summed E-state index contributed by atoms with van der Waals surface area (Å²) in [5.41, 5.74) is 7.96. The van der Waals surface area contributed by atoms with E-state index in [-0.39, 0.29) is 18.7 Å². The van der Waals surface area contributed by atoms with E-state index in [0.29, 0.717) is 18.5 Å². The zero-order chi connectivity index (χ0) is 17.5. The van der Waals surface area contributed by atoms with Gasteiger partial charge in [-0.1, -0.05) is 6.07 Å². The summed E-state index contributed by atoms with van der Waals surface area (Å²) in [7, 11) is 0. The highest BCUT2D eigenvalue weighted by molar-refractivity contribution is 5.76. The number of fused-ring (bicyclic) bond motifs is 2. The maximum Gasteiger partial charge on any atom is 0.244 e. The van der Waals surface area contributed by atoms with Crippen LogP contribution in [0.15, 0.2) is 36.7 Å². The maximum absolute atomic E-state index is 12.6. The number of carbonyl (C=O) groups excluding carboxylic acids is 1. The third-order valence-corrected chi connectivity index (χ3v) is 5.48. The summed E-state index contributed by atoms with van der Waals surface area (Å²) in [5, 5.41) is 4.13. The highest BCUT2D eigenvalue weighted by atomic mass is 16.7. The van der Waals surface area contributed by atoms with Crippen molar-refractivity contribution in [2.75, 3.05) is 19.9 Å². The van der Waals surface area contributed by atoms with Crippen molar-refractivity contribution < 1.29 is 14.3 Å². The average Bonchev–Trinajstić information content (AvgIpc) is 3.40. The number of carbonyl (C=O) groups is 1. The average molecular weight is 355 g/mol. The van der Waals surface area contributed by atoms with Crippen LogP contribution < -0.4 is 20.3 Å². The molecule has 0 radical (unpaired) electrons. The summed E-state index contributed by atoms with van der Waals surface area (Å²) in [6.07, 6.45) is 4.45. The van der Waals surface area contributed by atoms with E-state index >= 15 is 0 Å².